The molecule has 0 fully saturated rings. The van der Waals surface area contributed by atoms with Crippen molar-refractivity contribution >= 4 is 17.3 Å². The fourth-order valence-electron chi connectivity index (χ4n) is 1.55. The summed E-state index contributed by atoms with van der Waals surface area (Å²) < 4.78 is 40.9. The molecule has 0 unspecified atom stereocenters. The van der Waals surface area contributed by atoms with E-state index in [-0.39, 0.29) is 17.5 Å². The predicted molar refractivity (Wildman–Crippen MR) is 72.5 cm³/mol. The van der Waals surface area contributed by atoms with E-state index in [0.717, 1.165) is 0 Å². The van der Waals surface area contributed by atoms with E-state index in [9.17, 15) is 23.3 Å². The fraction of sp³-hybridized carbons (Fsp3) is 0.250. The van der Waals surface area contributed by atoms with E-state index in [1.807, 2.05) is 0 Å². The molecule has 0 aliphatic heterocycles. The van der Waals surface area contributed by atoms with Crippen molar-refractivity contribution in [2.45, 2.75) is 13.1 Å². The van der Waals surface area contributed by atoms with Crippen molar-refractivity contribution in [2.75, 3.05) is 11.9 Å². The molecule has 0 amide bonds. The molecule has 8 nitrogen and oxygen atoms in total. The van der Waals surface area contributed by atoms with Gasteiger partial charge in [0, 0.05) is 17.8 Å². The minimum Gasteiger partial charge on any atom is -0.454 e. The smallest absolute Gasteiger partial charge is 0.422 e. The van der Waals surface area contributed by atoms with Gasteiger partial charge in [-0.2, -0.15) is 28.1 Å². The number of nitrogens with zero attached hydrogens (tertiary/aromatic N) is 4. The maximum atomic E-state index is 12.1. The minimum absolute atomic E-state index is 0.0878. The summed E-state index contributed by atoms with van der Waals surface area (Å²) in [6.07, 6.45) is -4.52. The molecule has 0 atom stereocenters. The van der Waals surface area contributed by atoms with Crippen molar-refractivity contribution in [3.63, 3.8) is 0 Å². The van der Waals surface area contributed by atoms with E-state index in [4.69, 9.17) is 0 Å². The van der Waals surface area contributed by atoms with Gasteiger partial charge >= 0.3 is 12.2 Å². The molecule has 0 saturated heterocycles. The standard InChI is InChI=1S/C12H10F3N5O3/c1-7-16-10(19-11(17-7)23-6-12(13,14)15)18-8-3-2-4-9(5-8)20(21)22/h2-5H,6H2,1H3,(H,16,17,18,19). The number of hydrogen-bond donors (Lipinski definition) is 1. The Kier molecular flexibility index (Phi) is 4.57. The van der Waals surface area contributed by atoms with Crippen LogP contribution < -0.4 is 10.1 Å². The van der Waals surface area contributed by atoms with Crippen LogP contribution in [0.5, 0.6) is 6.01 Å². The van der Waals surface area contributed by atoms with Gasteiger partial charge in [-0.15, -0.1) is 0 Å². The number of aryl methyl sites for hydroxylation is 1. The first-order valence-electron chi connectivity index (χ1n) is 6.17. The Balaban J connectivity index is 2.18. The summed E-state index contributed by atoms with van der Waals surface area (Å²) in [5.74, 6) is 0.0419. The molecule has 2 rings (SSSR count). The van der Waals surface area contributed by atoms with Crippen LogP contribution in [-0.2, 0) is 0 Å². The number of aromatic nitrogens is 3. The van der Waals surface area contributed by atoms with Crippen molar-refractivity contribution in [1.29, 1.82) is 0 Å². The largest absolute Gasteiger partial charge is 0.454 e. The summed E-state index contributed by atoms with van der Waals surface area (Å²) >= 11 is 0. The van der Waals surface area contributed by atoms with Crippen LogP contribution in [0.4, 0.5) is 30.5 Å². The highest BCUT2D eigenvalue weighted by molar-refractivity contribution is 5.57. The van der Waals surface area contributed by atoms with E-state index >= 15 is 0 Å². The van der Waals surface area contributed by atoms with Crippen molar-refractivity contribution < 1.29 is 22.8 Å². The SMILES string of the molecule is Cc1nc(Nc2cccc([N+](=O)[O-])c2)nc(OCC(F)(F)F)n1. The topological polar surface area (TPSA) is 103 Å². The number of ether oxygens (including phenoxy) is 1. The van der Waals surface area contributed by atoms with Gasteiger partial charge in [0.05, 0.1) is 4.92 Å². The Morgan fingerprint density at radius 3 is 2.70 bits per heavy atom. The quantitative estimate of drug-likeness (QED) is 0.664. The molecule has 0 spiro atoms. The molecule has 0 aliphatic carbocycles. The second-order valence-electron chi connectivity index (χ2n) is 4.33. The van der Waals surface area contributed by atoms with E-state index in [1.54, 1.807) is 0 Å². The molecule has 0 radical (unpaired) electrons. The van der Waals surface area contributed by atoms with Crippen molar-refractivity contribution in [1.82, 2.24) is 15.0 Å². The molecule has 23 heavy (non-hydrogen) atoms. The van der Waals surface area contributed by atoms with Crippen molar-refractivity contribution in [2.24, 2.45) is 0 Å². The van der Waals surface area contributed by atoms with Gasteiger partial charge in [-0.3, -0.25) is 10.1 Å². The first kappa shape index (κ1) is 16.4. The molecule has 11 heteroatoms. The Morgan fingerprint density at radius 1 is 1.30 bits per heavy atom. The second kappa shape index (κ2) is 6.42. The van der Waals surface area contributed by atoms with E-state index < -0.39 is 23.7 Å². The van der Waals surface area contributed by atoms with Gasteiger partial charge in [0.2, 0.25) is 5.95 Å². The number of halogens is 3. The van der Waals surface area contributed by atoms with Crippen LogP contribution in [0.25, 0.3) is 0 Å². The third-order valence-electron chi connectivity index (χ3n) is 2.40. The van der Waals surface area contributed by atoms with Gasteiger partial charge in [0.1, 0.15) is 5.82 Å². The highest BCUT2D eigenvalue weighted by atomic mass is 19.4. The number of non-ortho nitro benzene ring substituents is 1. The number of hydrogen-bond acceptors (Lipinski definition) is 7. The molecule has 1 aromatic heterocycles. The van der Waals surface area contributed by atoms with Crippen molar-refractivity contribution in [3.05, 3.63) is 40.2 Å². The average Bonchev–Trinajstić information content (AvgIpc) is 2.44. The number of anilines is 2. The third kappa shape index (κ3) is 5.05. The van der Waals surface area contributed by atoms with Crippen LogP contribution >= 0.6 is 0 Å². The molecule has 0 aliphatic rings. The Labute approximate surface area is 127 Å². The number of rotatable bonds is 5. The first-order chi connectivity index (χ1) is 10.7. The monoisotopic (exact) mass is 329 g/mol. The number of nitrogens with one attached hydrogen (secondary N) is 1. The summed E-state index contributed by atoms with van der Waals surface area (Å²) in [7, 11) is 0. The van der Waals surface area contributed by atoms with E-state index in [1.165, 1.54) is 31.2 Å². The van der Waals surface area contributed by atoms with E-state index in [0.29, 0.717) is 5.69 Å². The van der Waals surface area contributed by atoms with Gasteiger partial charge < -0.3 is 10.1 Å². The lowest BCUT2D eigenvalue weighted by Gasteiger charge is -2.10. The number of nitro groups is 1. The zero-order chi connectivity index (χ0) is 17.0. The molecule has 1 N–H and O–H groups in total. The van der Waals surface area contributed by atoms with Crippen LogP contribution in [0, 0.1) is 17.0 Å². The molecule has 2 aromatic rings. The van der Waals surface area contributed by atoms with Gasteiger partial charge in [-0.25, -0.2) is 0 Å². The fourth-order valence-corrected chi connectivity index (χ4v) is 1.55. The first-order valence-corrected chi connectivity index (χ1v) is 6.17. The lowest BCUT2D eigenvalue weighted by molar-refractivity contribution is -0.384. The lowest BCUT2D eigenvalue weighted by Crippen LogP contribution is -2.20. The summed E-state index contributed by atoms with van der Waals surface area (Å²) in [4.78, 5) is 21.3. The van der Waals surface area contributed by atoms with Crippen LogP contribution in [0.1, 0.15) is 5.82 Å². The molecular formula is C12H10F3N5O3. The Morgan fingerprint density at radius 2 is 2.04 bits per heavy atom. The summed E-state index contributed by atoms with van der Waals surface area (Å²) in [6.45, 7) is -0.0898. The zero-order valence-electron chi connectivity index (χ0n) is 11.7. The number of nitro benzene ring substituents is 1. The molecule has 0 saturated carbocycles. The number of alkyl halides is 3. The molecular weight excluding hydrogens is 319 g/mol. The average molecular weight is 329 g/mol. The molecule has 0 bridgehead atoms. The third-order valence-corrected chi connectivity index (χ3v) is 2.40. The Bertz CT molecular complexity index is 723. The van der Waals surface area contributed by atoms with Gasteiger partial charge in [-0.05, 0) is 13.0 Å². The van der Waals surface area contributed by atoms with Gasteiger partial charge in [-0.1, -0.05) is 6.07 Å². The molecule has 1 aromatic carbocycles. The predicted octanol–water partition coefficient (Wildman–Crippen LogP) is 2.77. The molecule has 122 valence electrons. The van der Waals surface area contributed by atoms with Gasteiger partial charge in [0.25, 0.3) is 5.69 Å². The Hall–Kier alpha value is -2.98. The van der Waals surface area contributed by atoms with Crippen LogP contribution in [0.2, 0.25) is 0 Å². The van der Waals surface area contributed by atoms with E-state index in [2.05, 4.69) is 25.0 Å². The number of benzene rings is 1. The van der Waals surface area contributed by atoms with Crippen LogP contribution in [0.3, 0.4) is 0 Å². The summed E-state index contributed by atoms with van der Waals surface area (Å²) in [5, 5.41) is 13.4. The normalized spacial score (nSPS) is 11.1. The second-order valence-corrected chi connectivity index (χ2v) is 4.33. The highest BCUT2D eigenvalue weighted by Crippen LogP contribution is 2.21. The maximum Gasteiger partial charge on any atom is 0.422 e. The lowest BCUT2D eigenvalue weighted by atomic mass is 10.3. The molecule has 1 heterocycles. The zero-order valence-corrected chi connectivity index (χ0v) is 11.7. The minimum atomic E-state index is -4.52. The summed E-state index contributed by atoms with van der Waals surface area (Å²) in [5.41, 5.74) is 0.140. The maximum absolute atomic E-state index is 12.1. The highest BCUT2D eigenvalue weighted by Gasteiger charge is 2.29. The van der Waals surface area contributed by atoms with Gasteiger partial charge in [0.15, 0.2) is 6.61 Å². The van der Waals surface area contributed by atoms with Crippen LogP contribution in [0.15, 0.2) is 24.3 Å². The summed E-state index contributed by atoms with van der Waals surface area (Å²) in [6, 6.07) is 4.98. The van der Waals surface area contributed by atoms with Crippen LogP contribution in [-0.4, -0.2) is 32.7 Å². The van der Waals surface area contributed by atoms with Crippen molar-refractivity contribution in [3.8, 4) is 6.01 Å².